The van der Waals surface area contributed by atoms with Crippen molar-refractivity contribution >= 4 is 60.5 Å². The smallest absolute Gasteiger partial charge is 0.135 e. The molecular formula is C56H37NO. The monoisotopic (exact) mass is 739 g/mol. The predicted molar refractivity (Wildman–Crippen MR) is 245 cm³/mol. The highest BCUT2D eigenvalue weighted by atomic mass is 16.3. The van der Waals surface area contributed by atoms with Crippen LogP contribution >= 0.6 is 0 Å². The average Bonchev–Trinajstić information content (AvgIpc) is 3.68. The first-order chi connectivity index (χ1) is 28.7. The summed E-state index contributed by atoms with van der Waals surface area (Å²) < 4.78 is 6.15. The van der Waals surface area contributed by atoms with Crippen LogP contribution in [0.5, 0.6) is 0 Å². The Hall–Kier alpha value is -7.68. The van der Waals surface area contributed by atoms with Gasteiger partial charge in [0.05, 0.1) is 5.69 Å². The van der Waals surface area contributed by atoms with Crippen LogP contribution in [0.3, 0.4) is 0 Å². The van der Waals surface area contributed by atoms with Gasteiger partial charge in [0, 0.05) is 27.7 Å². The van der Waals surface area contributed by atoms with Gasteiger partial charge in [-0.05, 0) is 121 Å². The van der Waals surface area contributed by atoms with Crippen LogP contribution in [0.1, 0.15) is 0 Å². The standard InChI is InChI=1S/C56H37NO/c1-2-12-42(13-3-1)51-32-26-48(46-21-19-39-11-5-7-15-44(39)35-46)37-54(51)57(49-28-22-40(23-29-49)45-20-18-38-10-4-6-14-43(38)34-45)50-30-24-41(25-31-50)47-27-33-56-53(36-47)52-16-8-9-17-55(52)58-56/h1-37H. The summed E-state index contributed by atoms with van der Waals surface area (Å²) >= 11 is 0. The molecule has 0 radical (unpaired) electrons. The van der Waals surface area contributed by atoms with E-state index in [1.807, 2.05) is 12.1 Å². The maximum atomic E-state index is 6.15. The first kappa shape index (κ1) is 33.6. The average molecular weight is 740 g/mol. The third-order valence-corrected chi connectivity index (χ3v) is 11.5. The molecule has 0 unspecified atom stereocenters. The number of benzene rings is 10. The van der Waals surface area contributed by atoms with Gasteiger partial charge in [0.2, 0.25) is 0 Å². The van der Waals surface area contributed by atoms with E-state index in [0.717, 1.165) is 66.8 Å². The Balaban J connectivity index is 1.06. The summed E-state index contributed by atoms with van der Waals surface area (Å²) in [7, 11) is 0. The van der Waals surface area contributed by atoms with Crippen molar-refractivity contribution in [3.05, 3.63) is 224 Å². The van der Waals surface area contributed by atoms with Crippen LogP contribution in [0.15, 0.2) is 229 Å². The Kier molecular flexibility index (Phi) is 8.19. The molecule has 1 heterocycles. The topological polar surface area (TPSA) is 16.4 Å². The molecule has 0 spiro atoms. The van der Waals surface area contributed by atoms with Gasteiger partial charge in [0.15, 0.2) is 0 Å². The van der Waals surface area contributed by atoms with Crippen molar-refractivity contribution in [3.63, 3.8) is 0 Å². The molecule has 272 valence electrons. The van der Waals surface area contributed by atoms with E-state index in [2.05, 4.69) is 217 Å². The van der Waals surface area contributed by atoms with Gasteiger partial charge in [-0.25, -0.2) is 0 Å². The number of para-hydroxylation sites is 1. The van der Waals surface area contributed by atoms with Crippen molar-refractivity contribution in [3.8, 4) is 44.5 Å². The van der Waals surface area contributed by atoms with E-state index < -0.39 is 0 Å². The number of furan rings is 1. The van der Waals surface area contributed by atoms with Gasteiger partial charge >= 0.3 is 0 Å². The second-order valence-electron chi connectivity index (χ2n) is 15.0. The number of rotatable bonds is 7. The lowest BCUT2D eigenvalue weighted by Gasteiger charge is -2.29. The molecule has 0 saturated carbocycles. The summed E-state index contributed by atoms with van der Waals surface area (Å²) in [5, 5.41) is 7.21. The number of anilines is 3. The molecule has 2 nitrogen and oxygen atoms in total. The van der Waals surface area contributed by atoms with Crippen LogP contribution in [0.4, 0.5) is 17.1 Å². The molecule has 10 aromatic carbocycles. The van der Waals surface area contributed by atoms with Crippen molar-refractivity contribution in [2.45, 2.75) is 0 Å². The molecule has 0 saturated heterocycles. The van der Waals surface area contributed by atoms with Crippen LogP contribution < -0.4 is 4.90 Å². The molecule has 0 atom stereocenters. The predicted octanol–water partition coefficient (Wildman–Crippen LogP) is 16.0. The van der Waals surface area contributed by atoms with Gasteiger partial charge in [0.25, 0.3) is 0 Å². The fourth-order valence-electron chi connectivity index (χ4n) is 8.43. The van der Waals surface area contributed by atoms with Gasteiger partial charge in [-0.1, -0.05) is 164 Å². The molecular weight excluding hydrogens is 703 g/mol. The van der Waals surface area contributed by atoms with E-state index in [-0.39, 0.29) is 0 Å². The van der Waals surface area contributed by atoms with Crippen molar-refractivity contribution in [2.75, 3.05) is 4.90 Å². The number of nitrogens with zero attached hydrogens (tertiary/aromatic N) is 1. The van der Waals surface area contributed by atoms with Crippen LogP contribution in [-0.4, -0.2) is 0 Å². The Labute approximate surface area is 337 Å². The molecule has 58 heavy (non-hydrogen) atoms. The second kappa shape index (κ2) is 14.1. The number of hydrogen-bond acceptors (Lipinski definition) is 2. The zero-order chi connectivity index (χ0) is 38.4. The minimum atomic E-state index is 0.902. The largest absolute Gasteiger partial charge is 0.456 e. The fraction of sp³-hybridized carbons (Fsp3) is 0. The summed E-state index contributed by atoms with van der Waals surface area (Å²) in [6.07, 6.45) is 0. The maximum absolute atomic E-state index is 6.15. The highest BCUT2D eigenvalue weighted by Gasteiger charge is 2.20. The number of hydrogen-bond donors (Lipinski definition) is 0. The Morgan fingerprint density at radius 2 is 0.741 bits per heavy atom. The molecule has 0 aliphatic heterocycles. The number of fused-ring (bicyclic) bond motifs is 5. The minimum absolute atomic E-state index is 0.902. The summed E-state index contributed by atoms with van der Waals surface area (Å²) in [6, 6.07) is 81.0. The lowest BCUT2D eigenvalue weighted by Crippen LogP contribution is -2.11. The summed E-state index contributed by atoms with van der Waals surface area (Å²) in [5.74, 6) is 0. The summed E-state index contributed by atoms with van der Waals surface area (Å²) in [4.78, 5) is 2.41. The van der Waals surface area contributed by atoms with E-state index in [0.29, 0.717) is 0 Å². The Morgan fingerprint density at radius 3 is 1.40 bits per heavy atom. The lowest BCUT2D eigenvalue weighted by atomic mass is 9.95. The minimum Gasteiger partial charge on any atom is -0.456 e. The van der Waals surface area contributed by atoms with E-state index >= 15 is 0 Å². The van der Waals surface area contributed by atoms with E-state index in [4.69, 9.17) is 4.42 Å². The highest BCUT2D eigenvalue weighted by molar-refractivity contribution is 6.06. The molecule has 11 rings (SSSR count). The Bertz CT molecular complexity index is 3270. The summed E-state index contributed by atoms with van der Waals surface area (Å²) in [5.41, 5.74) is 14.4. The molecule has 0 amide bonds. The molecule has 0 bridgehead atoms. The normalized spacial score (nSPS) is 11.4. The van der Waals surface area contributed by atoms with E-state index in [1.165, 1.54) is 38.2 Å². The van der Waals surface area contributed by atoms with Crippen molar-refractivity contribution in [1.29, 1.82) is 0 Å². The molecule has 0 aliphatic rings. The first-order valence-corrected chi connectivity index (χ1v) is 19.8. The van der Waals surface area contributed by atoms with Crippen molar-refractivity contribution in [1.82, 2.24) is 0 Å². The van der Waals surface area contributed by atoms with Gasteiger partial charge < -0.3 is 9.32 Å². The van der Waals surface area contributed by atoms with Gasteiger partial charge in [0.1, 0.15) is 11.2 Å². The molecule has 11 aromatic rings. The third-order valence-electron chi connectivity index (χ3n) is 11.5. The zero-order valence-corrected chi connectivity index (χ0v) is 31.7. The quantitative estimate of drug-likeness (QED) is 0.162. The second-order valence-corrected chi connectivity index (χ2v) is 15.0. The van der Waals surface area contributed by atoms with Gasteiger partial charge in [-0.15, -0.1) is 0 Å². The molecule has 1 aromatic heterocycles. The fourth-order valence-corrected chi connectivity index (χ4v) is 8.43. The third kappa shape index (κ3) is 6.09. The van der Waals surface area contributed by atoms with Gasteiger partial charge in [-0.3, -0.25) is 0 Å². The van der Waals surface area contributed by atoms with Crippen LogP contribution in [0, 0.1) is 0 Å². The van der Waals surface area contributed by atoms with Crippen molar-refractivity contribution < 1.29 is 4.42 Å². The molecule has 0 aliphatic carbocycles. The van der Waals surface area contributed by atoms with E-state index in [9.17, 15) is 0 Å². The van der Waals surface area contributed by atoms with Crippen LogP contribution in [0.25, 0.3) is 88.0 Å². The molecule has 2 heteroatoms. The maximum Gasteiger partial charge on any atom is 0.135 e. The lowest BCUT2D eigenvalue weighted by molar-refractivity contribution is 0.669. The van der Waals surface area contributed by atoms with Crippen LogP contribution in [-0.2, 0) is 0 Å². The SMILES string of the molecule is c1ccc(-c2ccc(-c3ccc4ccccc4c3)cc2N(c2ccc(-c3ccc4ccccc4c3)cc2)c2ccc(-c3ccc4oc5ccccc5c4c3)cc2)cc1. The highest BCUT2D eigenvalue weighted by Crippen LogP contribution is 2.44. The molecule has 0 N–H and O–H groups in total. The molecule has 0 fully saturated rings. The first-order valence-electron chi connectivity index (χ1n) is 19.8. The Morgan fingerprint density at radius 1 is 0.276 bits per heavy atom. The van der Waals surface area contributed by atoms with Crippen LogP contribution in [0.2, 0.25) is 0 Å². The summed E-state index contributed by atoms with van der Waals surface area (Å²) in [6.45, 7) is 0. The van der Waals surface area contributed by atoms with E-state index in [1.54, 1.807) is 0 Å². The van der Waals surface area contributed by atoms with Crippen molar-refractivity contribution in [2.24, 2.45) is 0 Å². The zero-order valence-electron chi connectivity index (χ0n) is 31.7. The van der Waals surface area contributed by atoms with Gasteiger partial charge in [-0.2, -0.15) is 0 Å².